The van der Waals surface area contributed by atoms with Crippen LogP contribution in [0.15, 0.2) is 24.3 Å². The van der Waals surface area contributed by atoms with E-state index in [-0.39, 0.29) is 12.0 Å². The Balaban J connectivity index is 1.97. The van der Waals surface area contributed by atoms with Gasteiger partial charge in [-0.05, 0) is 36.5 Å². The van der Waals surface area contributed by atoms with Crippen molar-refractivity contribution in [1.82, 2.24) is 5.32 Å². The number of hydrogen-bond acceptors (Lipinski definition) is 2. The number of aliphatic hydroxyl groups excluding tert-OH is 1. The average molecular weight is 195 g/mol. The highest BCUT2D eigenvalue weighted by Crippen LogP contribution is 2.18. The Morgan fingerprint density at radius 3 is 3.00 bits per heavy atom. The zero-order valence-corrected chi connectivity index (χ0v) is 7.91. The number of benzene rings is 1. The van der Waals surface area contributed by atoms with E-state index in [2.05, 4.69) is 5.32 Å². The molecule has 1 unspecified atom stereocenters. The first kappa shape index (κ1) is 9.62. The molecule has 0 saturated carbocycles. The van der Waals surface area contributed by atoms with E-state index in [0.717, 1.165) is 24.9 Å². The molecule has 76 valence electrons. The van der Waals surface area contributed by atoms with E-state index in [1.54, 1.807) is 12.1 Å². The van der Waals surface area contributed by atoms with Crippen LogP contribution in [-0.4, -0.2) is 17.9 Å². The van der Waals surface area contributed by atoms with Crippen molar-refractivity contribution in [3.05, 3.63) is 35.6 Å². The van der Waals surface area contributed by atoms with E-state index >= 15 is 0 Å². The lowest BCUT2D eigenvalue weighted by Crippen LogP contribution is -2.19. The van der Waals surface area contributed by atoms with Gasteiger partial charge in [0.15, 0.2) is 0 Å². The highest BCUT2D eigenvalue weighted by atomic mass is 19.1. The van der Waals surface area contributed by atoms with Crippen LogP contribution in [0.2, 0.25) is 0 Å². The van der Waals surface area contributed by atoms with Crippen molar-refractivity contribution in [2.45, 2.75) is 19.1 Å². The summed E-state index contributed by atoms with van der Waals surface area (Å²) in [6.07, 6.45) is 1.21. The van der Waals surface area contributed by atoms with Crippen molar-refractivity contribution in [2.75, 3.05) is 6.54 Å². The molecular formula is C11H14FNO. The van der Waals surface area contributed by atoms with Gasteiger partial charge in [0.1, 0.15) is 12.0 Å². The van der Waals surface area contributed by atoms with Crippen molar-refractivity contribution in [1.29, 1.82) is 0 Å². The Hall–Kier alpha value is -0.930. The summed E-state index contributed by atoms with van der Waals surface area (Å²) >= 11 is 0. The van der Waals surface area contributed by atoms with E-state index < -0.39 is 0 Å². The first-order valence-electron chi connectivity index (χ1n) is 4.90. The van der Waals surface area contributed by atoms with Crippen molar-refractivity contribution in [3.8, 4) is 0 Å². The molecule has 2 rings (SSSR count). The zero-order valence-electron chi connectivity index (χ0n) is 7.91. The van der Waals surface area contributed by atoms with Gasteiger partial charge in [0.2, 0.25) is 0 Å². The Morgan fingerprint density at radius 1 is 1.50 bits per heavy atom. The summed E-state index contributed by atoms with van der Waals surface area (Å²) in [5.41, 5.74) is 1.01. The topological polar surface area (TPSA) is 32.3 Å². The second-order valence-corrected chi connectivity index (χ2v) is 3.86. The zero-order chi connectivity index (χ0) is 9.97. The summed E-state index contributed by atoms with van der Waals surface area (Å²) in [4.78, 5) is 0. The third-order valence-electron chi connectivity index (χ3n) is 2.61. The monoisotopic (exact) mass is 195 g/mol. The fourth-order valence-electron chi connectivity index (χ4n) is 1.94. The molecule has 0 spiro atoms. The summed E-state index contributed by atoms with van der Waals surface area (Å²) in [6, 6.07) is 6.66. The Labute approximate surface area is 82.8 Å². The molecule has 1 aliphatic heterocycles. The molecule has 1 heterocycles. The fraction of sp³-hybridized carbons (Fsp3) is 0.455. The van der Waals surface area contributed by atoms with Gasteiger partial charge >= 0.3 is 0 Å². The molecule has 0 radical (unpaired) electrons. The highest BCUT2D eigenvalue weighted by molar-refractivity contribution is 5.17. The van der Waals surface area contributed by atoms with Crippen LogP contribution in [0.1, 0.15) is 12.0 Å². The minimum Gasteiger partial charge on any atom is -0.379 e. The number of hydrogen-bond donors (Lipinski definition) is 2. The molecule has 0 bridgehead atoms. The molecule has 1 aromatic carbocycles. The Morgan fingerprint density at radius 2 is 2.36 bits per heavy atom. The molecular weight excluding hydrogens is 181 g/mol. The van der Waals surface area contributed by atoms with Crippen molar-refractivity contribution in [3.63, 3.8) is 0 Å². The molecule has 1 saturated heterocycles. The van der Waals surface area contributed by atoms with Crippen molar-refractivity contribution in [2.24, 2.45) is 5.92 Å². The van der Waals surface area contributed by atoms with E-state index in [4.69, 9.17) is 0 Å². The normalized spacial score (nSPS) is 26.7. The third-order valence-corrected chi connectivity index (χ3v) is 2.61. The van der Waals surface area contributed by atoms with E-state index in [1.807, 2.05) is 6.07 Å². The largest absolute Gasteiger partial charge is 0.379 e. The van der Waals surface area contributed by atoms with Gasteiger partial charge in [-0.15, -0.1) is 0 Å². The Bertz CT molecular complexity index is 316. The molecule has 2 N–H and O–H groups in total. The van der Waals surface area contributed by atoms with Crippen LogP contribution < -0.4 is 5.32 Å². The van der Waals surface area contributed by atoms with Crippen LogP contribution in [0.4, 0.5) is 4.39 Å². The minimum atomic E-state index is -0.381. The SMILES string of the molecule is OC1C[C@H](Cc2cccc(F)c2)CN1. The van der Waals surface area contributed by atoms with Crippen LogP contribution in [-0.2, 0) is 6.42 Å². The summed E-state index contributed by atoms with van der Waals surface area (Å²) in [7, 11) is 0. The lowest BCUT2D eigenvalue weighted by Gasteiger charge is -2.07. The van der Waals surface area contributed by atoms with E-state index in [9.17, 15) is 9.50 Å². The van der Waals surface area contributed by atoms with Gasteiger partial charge in [-0.1, -0.05) is 12.1 Å². The number of halogens is 1. The van der Waals surface area contributed by atoms with Crippen LogP contribution in [0.3, 0.4) is 0 Å². The summed E-state index contributed by atoms with van der Waals surface area (Å²) in [5, 5.41) is 12.2. The molecule has 1 aliphatic rings. The molecule has 0 amide bonds. The maximum Gasteiger partial charge on any atom is 0.123 e. The molecule has 3 heteroatoms. The summed E-state index contributed by atoms with van der Waals surface area (Å²) in [5.74, 6) is 0.237. The molecule has 1 aromatic rings. The molecule has 1 fully saturated rings. The van der Waals surface area contributed by atoms with Gasteiger partial charge in [0, 0.05) is 6.54 Å². The lowest BCUT2D eigenvalue weighted by molar-refractivity contribution is 0.156. The summed E-state index contributed by atoms with van der Waals surface area (Å²) in [6.45, 7) is 0.817. The first-order chi connectivity index (χ1) is 6.74. The Kier molecular flexibility index (Phi) is 2.79. The number of nitrogens with one attached hydrogen (secondary N) is 1. The van der Waals surface area contributed by atoms with Gasteiger partial charge in [0.25, 0.3) is 0 Å². The van der Waals surface area contributed by atoms with Gasteiger partial charge in [-0.3, -0.25) is 5.32 Å². The van der Waals surface area contributed by atoms with Crippen LogP contribution in [0.25, 0.3) is 0 Å². The smallest absolute Gasteiger partial charge is 0.123 e. The number of rotatable bonds is 2. The van der Waals surface area contributed by atoms with E-state index in [1.165, 1.54) is 6.07 Å². The molecule has 0 aromatic heterocycles. The molecule has 0 aliphatic carbocycles. The predicted octanol–water partition coefficient (Wildman–Crippen LogP) is 1.30. The maximum absolute atomic E-state index is 12.9. The standard InChI is InChI=1S/C11H14FNO/c12-10-3-1-2-8(5-10)4-9-6-11(14)13-7-9/h1-3,5,9,11,13-14H,4,6-7H2/t9-,11?/m0/s1. The van der Waals surface area contributed by atoms with Crippen molar-refractivity contribution >= 4 is 0 Å². The molecule has 2 atom stereocenters. The predicted molar refractivity (Wildman–Crippen MR) is 52.2 cm³/mol. The second-order valence-electron chi connectivity index (χ2n) is 3.86. The molecule has 2 nitrogen and oxygen atoms in total. The van der Waals surface area contributed by atoms with E-state index in [0.29, 0.717) is 5.92 Å². The number of aliphatic hydroxyl groups is 1. The summed E-state index contributed by atoms with van der Waals surface area (Å²) < 4.78 is 12.9. The maximum atomic E-state index is 12.9. The lowest BCUT2D eigenvalue weighted by atomic mass is 9.98. The van der Waals surface area contributed by atoms with Gasteiger partial charge in [-0.2, -0.15) is 0 Å². The minimum absolute atomic E-state index is 0.186. The third kappa shape index (κ3) is 2.30. The van der Waals surface area contributed by atoms with Crippen LogP contribution in [0, 0.1) is 11.7 Å². The van der Waals surface area contributed by atoms with Gasteiger partial charge in [-0.25, -0.2) is 4.39 Å². The van der Waals surface area contributed by atoms with Crippen LogP contribution >= 0.6 is 0 Å². The van der Waals surface area contributed by atoms with Gasteiger partial charge in [0.05, 0.1) is 0 Å². The average Bonchev–Trinajstić information content (AvgIpc) is 2.51. The van der Waals surface area contributed by atoms with Crippen molar-refractivity contribution < 1.29 is 9.50 Å². The highest BCUT2D eigenvalue weighted by Gasteiger charge is 2.21. The second kappa shape index (κ2) is 4.07. The fourth-order valence-corrected chi connectivity index (χ4v) is 1.94. The van der Waals surface area contributed by atoms with Crippen LogP contribution in [0.5, 0.6) is 0 Å². The van der Waals surface area contributed by atoms with Gasteiger partial charge < -0.3 is 5.11 Å². The molecule has 14 heavy (non-hydrogen) atoms. The quantitative estimate of drug-likeness (QED) is 0.745. The first-order valence-corrected chi connectivity index (χ1v) is 4.90.